The minimum Gasteiger partial charge on any atom is -0.481 e. The van der Waals surface area contributed by atoms with E-state index in [2.05, 4.69) is 10.4 Å². The van der Waals surface area contributed by atoms with Crippen LogP contribution in [0.3, 0.4) is 0 Å². The summed E-state index contributed by atoms with van der Waals surface area (Å²) >= 11 is 0. The lowest BCUT2D eigenvalue weighted by Crippen LogP contribution is -2.33. The maximum atomic E-state index is 12.2. The van der Waals surface area contributed by atoms with Crippen LogP contribution >= 0.6 is 0 Å². The first-order chi connectivity index (χ1) is 11.1. The van der Waals surface area contributed by atoms with Gasteiger partial charge in [0.15, 0.2) is 0 Å². The predicted molar refractivity (Wildman–Crippen MR) is 84.0 cm³/mol. The van der Waals surface area contributed by atoms with Gasteiger partial charge in [-0.25, -0.2) is 0 Å². The van der Waals surface area contributed by atoms with Gasteiger partial charge in [-0.15, -0.1) is 0 Å². The van der Waals surface area contributed by atoms with Gasteiger partial charge < -0.3 is 10.4 Å². The molecule has 1 aliphatic carbocycles. The molecular weight excluding hydrogens is 294 g/mol. The van der Waals surface area contributed by atoms with Gasteiger partial charge in [-0.1, -0.05) is 30.3 Å². The molecule has 3 rings (SSSR count). The molecule has 2 aromatic rings. The van der Waals surface area contributed by atoms with Gasteiger partial charge in [0, 0.05) is 12.2 Å². The molecule has 1 fully saturated rings. The van der Waals surface area contributed by atoms with E-state index in [1.54, 1.807) is 17.1 Å². The highest BCUT2D eigenvalue weighted by molar-refractivity contribution is 5.94. The molecule has 2 N–H and O–H groups in total. The zero-order chi connectivity index (χ0) is 16.2. The van der Waals surface area contributed by atoms with E-state index in [1.807, 2.05) is 30.3 Å². The first kappa shape index (κ1) is 15.3. The number of nitrogens with zero attached hydrogens (tertiary/aromatic N) is 2. The SMILES string of the molecule is O=C(N[C@H]1CC[C@@H](C(=O)O)C1)c1cnn(Cc2ccccc2)c1. The van der Waals surface area contributed by atoms with Crippen molar-refractivity contribution in [3.8, 4) is 0 Å². The Hall–Kier alpha value is -2.63. The third-order valence-electron chi connectivity index (χ3n) is 4.20. The average Bonchev–Trinajstić information content (AvgIpc) is 3.18. The van der Waals surface area contributed by atoms with Crippen LogP contribution in [0.25, 0.3) is 0 Å². The highest BCUT2D eigenvalue weighted by Gasteiger charge is 2.30. The van der Waals surface area contributed by atoms with Crippen molar-refractivity contribution >= 4 is 11.9 Å². The summed E-state index contributed by atoms with van der Waals surface area (Å²) in [6.45, 7) is 0.610. The minimum atomic E-state index is -0.780. The van der Waals surface area contributed by atoms with E-state index in [0.717, 1.165) is 5.56 Å². The second-order valence-corrected chi connectivity index (χ2v) is 5.93. The van der Waals surface area contributed by atoms with Crippen molar-refractivity contribution in [1.82, 2.24) is 15.1 Å². The molecule has 6 nitrogen and oxygen atoms in total. The van der Waals surface area contributed by atoms with Gasteiger partial charge in [0.05, 0.1) is 24.2 Å². The molecule has 1 saturated carbocycles. The van der Waals surface area contributed by atoms with Crippen LogP contribution in [0.1, 0.15) is 35.2 Å². The summed E-state index contributed by atoms with van der Waals surface area (Å²) in [5.41, 5.74) is 1.61. The van der Waals surface area contributed by atoms with Crippen molar-refractivity contribution in [1.29, 1.82) is 0 Å². The van der Waals surface area contributed by atoms with Gasteiger partial charge in [-0.2, -0.15) is 5.10 Å². The monoisotopic (exact) mass is 313 g/mol. The summed E-state index contributed by atoms with van der Waals surface area (Å²) in [4.78, 5) is 23.2. The van der Waals surface area contributed by atoms with Gasteiger partial charge in [0.2, 0.25) is 0 Å². The molecule has 23 heavy (non-hydrogen) atoms. The van der Waals surface area contributed by atoms with E-state index in [1.165, 1.54) is 0 Å². The van der Waals surface area contributed by atoms with Gasteiger partial charge in [-0.3, -0.25) is 14.3 Å². The summed E-state index contributed by atoms with van der Waals surface area (Å²) in [6.07, 6.45) is 5.08. The molecule has 6 heteroatoms. The summed E-state index contributed by atoms with van der Waals surface area (Å²) < 4.78 is 1.72. The molecule has 1 aliphatic rings. The van der Waals surface area contributed by atoms with E-state index in [0.29, 0.717) is 31.4 Å². The fourth-order valence-electron chi connectivity index (χ4n) is 2.94. The smallest absolute Gasteiger partial charge is 0.306 e. The van der Waals surface area contributed by atoms with Crippen LogP contribution in [0.15, 0.2) is 42.7 Å². The van der Waals surface area contributed by atoms with Crippen LogP contribution in [0, 0.1) is 5.92 Å². The van der Waals surface area contributed by atoms with Crippen LogP contribution in [-0.4, -0.2) is 32.8 Å². The minimum absolute atomic E-state index is 0.0685. The Morgan fingerprint density at radius 1 is 1.26 bits per heavy atom. The molecule has 0 saturated heterocycles. The molecule has 1 aromatic heterocycles. The normalized spacial score (nSPS) is 20.3. The number of benzene rings is 1. The fourth-order valence-corrected chi connectivity index (χ4v) is 2.94. The zero-order valence-electron chi connectivity index (χ0n) is 12.7. The van der Waals surface area contributed by atoms with Crippen molar-refractivity contribution in [3.63, 3.8) is 0 Å². The van der Waals surface area contributed by atoms with Crippen molar-refractivity contribution in [2.24, 2.45) is 5.92 Å². The first-order valence-electron chi connectivity index (χ1n) is 7.72. The third-order valence-corrected chi connectivity index (χ3v) is 4.20. The Kier molecular flexibility index (Phi) is 4.41. The van der Waals surface area contributed by atoms with Gasteiger partial charge in [0.1, 0.15) is 0 Å². The van der Waals surface area contributed by atoms with Crippen LogP contribution in [0.2, 0.25) is 0 Å². The molecule has 0 unspecified atom stereocenters. The highest BCUT2D eigenvalue weighted by Crippen LogP contribution is 2.25. The van der Waals surface area contributed by atoms with Gasteiger partial charge in [-0.05, 0) is 24.8 Å². The molecule has 1 amide bonds. The Balaban J connectivity index is 1.57. The number of carboxylic acid groups (broad SMARTS) is 1. The number of carbonyl (C=O) groups is 2. The zero-order valence-corrected chi connectivity index (χ0v) is 12.7. The largest absolute Gasteiger partial charge is 0.481 e. The molecule has 0 bridgehead atoms. The molecule has 1 heterocycles. The molecule has 0 radical (unpaired) electrons. The number of amides is 1. The molecule has 1 aromatic carbocycles. The second-order valence-electron chi connectivity index (χ2n) is 5.93. The number of hydrogen-bond acceptors (Lipinski definition) is 3. The fraction of sp³-hybridized carbons (Fsp3) is 0.353. The highest BCUT2D eigenvalue weighted by atomic mass is 16.4. The topological polar surface area (TPSA) is 84.2 Å². The summed E-state index contributed by atoms with van der Waals surface area (Å²) in [7, 11) is 0. The standard InChI is InChI=1S/C17H19N3O3/c21-16(19-15-7-6-13(8-15)17(22)23)14-9-18-20(11-14)10-12-4-2-1-3-5-12/h1-5,9,11,13,15H,6-8,10H2,(H,19,21)(H,22,23)/t13-,15+/m1/s1. The Morgan fingerprint density at radius 3 is 2.74 bits per heavy atom. The number of nitrogens with one attached hydrogen (secondary N) is 1. The number of carbonyl (C=O) groups excluding carboxylic acids is 1. The maximum absolute atomic E-state index is 12.2. The Bertz CT molecular complexity index is 696. The molecule has 0 aliphatic heterocycles. The van der Waals surface area contributed by atoms with Gasteiger partial charge >= 0.3 is 5.97 Å². The molecular formula is C17H19N3O3. The van der Waals surface area contributed by atoms with Crippen molar-refractivity contribution < 1.29 is 14.7 Å². The lowest BCUT2D eigenvalue weighted by Gasteiger charge is -2.11. The maximum Gasteiger partial charge on any atom is 0.306 e. The number of aliphatic carboxylic acids is 1. The number of rotatable bonds is 5. The Labute approximate surface area is 134 Å². The quantitative estimate of drug-likeness (QED) is 0.883. The number of aromatic nitrogens is 2. The summed E-state index contributed by atoms with van der Waals surface area (Å²) in [5, 5.41) is 16.1. The Morgan fingerprint density at radius 2 is 2.04 bits per heavy atom. The summed E-state index contributed by atoms with van der Waals surface area (Å²) in [5.74, 6) is -1.32. The molecule has 2 atom stereocenters. The molecule has 0 spiro atoms. The van der Waals surface area contributed by atoms with E-state index in [4.69, 9.17) is 5.11 Å². The van der Waals surface area contributed by atoms with Crippen LogP contribution in [-0.2, 0) is 11.3 Å². The number of carboxylic acids is 1. The predicted octanol–water partition coefficient (Wildman–Crippen LogP) is 1.91. The van der Waals surface area contributed by atoms with Crippen molar-refractivity contribution in [2.45, 2.75) is 31.8 Å². The second kappa shape index (κ2) is 6.64. The van der Waals surface area contributed by atoms with Gasteiger partial charge in [0.25, 0.3) is 5.91 Å². The van der Waals surface area contributed by atoms with Crippen LogP contribution < -0.4 is 5.32 Å². The summed E-state index contributed by atoms with van der Waals surface area (Å²) in [6, 6.07) is 9.83. The first-order valence-corrected chi connectivity index (χ1v) is 7.72. The van der Waals surface area contributed by atoms with E-state index in [9.17, 15) is 9.59 Å². The lowest BCUT2D eigenvalue weighted by atomic mass is 10.1. The van der Waals surface area contributed by atoms with Crippen LogP contribution in [0.5, 0.6) is 0 Å². The van der Waals surface area contributed by atoms with Crippen molar-refractivity contribution in [2.75, 3.05) is 0 Å². The van der Waals surface area contributed by atoms with E-state index < -0.39 is 5.97 Å². The van der Waals surface area contributed by atoms with E-state index in [-0.39, 0.29) is 17.9 Å². The third kappa shape index (κ3) is 3.77. The average molecular weight is 313 g/mol. The van der Waals surface area contributed by atoms with E-state index >= 15 is 0 Å². The molecule has 120 valence electrons. The lowest BCUT2D eigenvalue weighted by molar-refractivity contribution is -0.141. The van der Waals surface area contributed by atoms with Crippen molar-refractivity contribution in [3.05, 3.63) is 53.9 Å². The van der Waals surface area contributed by atoms with Crippen LogP contribution in [0.4, 0.5) is 0 Å². The number of hydrogen-bond donors (Lipinski definition) is 2.